The van der Waals surface area contributed by atoms with Gasteiger partial charge in [0.2, 0.25) is 5.91 Å². The van der Waals surface area contributed by atoms with Crippen molar-refractivity contribution in [3.63, 3.8) is 0 Å². The fraction of sp³-hybridized carbons (Fsp3) is 0.778. The molecule has 1 aromatic rings. The highest BCUT2D eigenvalue weighted by molar-refractivity contribution is 7.09. The van der Waals surface area contributed by atoms with Gasteiger partial charge in [-0.25, -0.2) is 4.98 Å². The quantitative estimate of drug-likeness (QED) is 0.831. The third kappa shape index (κ3) is 3.18. The Hall–Kier alpha value is -0.940. The van der Waals surface area contributed by atoms with Gasteiger partial charge in [-0.15, -0.1) is 11.3 Å². The highest BCUT2D eigenvalue weighted by atomic mass is 32.1. The Balaban J connectivity index is 1.44. The van der Waals surface area contributed by atoms with Gasteiger partial charge in [0.05, 0.1) is 16.6 Å². The van der Waals surface area contributed by atoms with Crippen LogP contribution in [0.25, 0.3) is 0 Å². The van der Waals surface area contributed by atoms with Crippen molar-refractivity contribution >= 4 is 17.2 Å². The van der Waals surface area contributed by atoms with Crippen molar-refractivity contribution in [2.45, 2.75) is 58.0 Å². The average Bonchev–Trinajstić information content (AvgIpc) is 2.79. The molecule has 4 heterocycles. The third-order valence-corrected chi connectivity index (χ3v) is 6.88. The molecule has 2 bridgehead atoms. The minimum Gasteiger partial charge on any atom is -0.338 e. The van der Waals surface area contributed by atoms with E-state index in [0.717, 1.165) is 44.9 Å². The molecular formula is C18H27N3OS. The van der Waals surface area contributed by atoms with Crippen LogP contribution in [0.15, 0.2) is 5.38 Å². The second kappa shape index (κ2) is 6.52. The molecule has 4 nitrogen and oxygen atoms in total. The highest BCUT2D eigenvalue weighted by Crippen LogP contribution is 2.34. The largest absolute Gasteiger partial charge is 0.338 e. The molecule has 1 amide bonds. The van der Waals surface area contributed by atoms with Gasteiger partial charge in [-0.2, -0.15) is 0 Å². The molecule has 0 spiro atoms. The number of aryl methyl sites for hydroxylation is 1. The summed E-state index contributed by atoms with van der Waals surface area (Å²) in [5, 5.41) is 3.42. The monoisotopic (exact) mass is 333 g/mol. The first kappa shape index (κ1) is 15.6. The number of carbonyl (C=O) groups excluding carboxylic acids is 1. The Morgan fingerprint density at radius 1 is 1.26 bits per heavy atom. The molecular weight excluding hydrogens is 306 g/mol. The number of nitrogens with zero attached hydrogens (tertiary/aromatic N) is 3. The van der Waals surface area contributed by atoms with E-state index in [-0.39, 0.29) is 5.92 Å². The minimum absolute atomic E-state index is 0.220. The minimum atomic E-state index is 0.220. The maximum absolute atomic E-state index is 12.8. The zero-order valence-electron chi connectivity index (χ0n) is 14.0. The van der Waals surface area contributed by atoms with E-state index in [0.29, 0.717) is 11.9 Å². The summed E-state index contributed by atoms with van der Waals surface area (Å²) in [6.07, 6.45) is 7.29. The van der Waals surface area contributed by atoms with Crippen molar-refractivity contribution < 1.29 is 4.79 Å². The van der Waals surface area contributed by atoms with E-state index >= 15 is 0 Å². The number of rotatable bonds is 5. The zero-order valence-corrected chi connectivity index (χ0v) is 14.9. The summed E-state index contributed by atoms with van der Waals surface area (Å²) >= 11 is 1.77. The van der Waals surface area contributed by atoms with Crippen LogP contribution in [-0.4, -0.2) is 46.4 Å². The van der Waals surface area contributed by atoms with E-state index in [1.54, 1.807) is 11.3 Å². The van der Waals surface area contributed by atoms with Crippen LogP contribution in [-0.2, 0) is 17.8 Å². The Morgan fingerprint density at radius 3 is 2.83 bits per heavy atom. The van der Waals surface area contributed by atoms with Crippen molar-refractivity contribution in [3.05, 3.63) is 16.1 Å². The fourth-order valence-corrected chi connectivity index (χ4v) is 5.00. The molecule has 1 aliphatic carbocycles. The van der Waals surface area contributed by atoms with Gasteiger partial charge in [-0.05, 0) is 38.0 Å². The van der Waals surface area contributed by atoms with Gasteiger partial charge in [0.1, 0.15) is 0 Å². The molecule has 3 saturated heterocycles. The van der Waals surface area contributed by atoms with Gasteiger partial charge in [0, 0.05) is 37.6 Å². The summed E-state index contributed by atoms with van der Waals surface area (Å²) in [5.41, 5.74) is 1.19. The van der Waals surface area contributed by atoms with Crippen molar-refractivity contribution in [1.29, 1.82) is 0 Å². The molecule has 126 valence electrons. The second-order valence-electron chi connectivity index (χ2n) is 7.50. The third-order valence-electron chi connectivity index (χ3n) is 5.84. The number of aromatic nitrogens is 1. The van der Waals surface area contributed by atoms with Crippen LogP contribution in [0.3, 0.4) is 0 Å². The number of piperidine rings is 1. The number of thiazole rings is 1. The van der Waals surface area contributed by atoms with Crippen LogP contribution in [0, 0.1) is 11.8 Å². The van der Waals surface area contributed by atoms with Gasteiger partial charge >= 0.3 is 0 Å². The van der Waals surface area contributed by atoms with Gasteiger partial charge in [-0.3, -0.25) is 9.69 Å². The number of hydrogen-bond donors (Lipinski definition) is 0. The van der Waals surface area contributed by atoms with Crippen LogP contribution >= 0.6 is 11.3 Å². The van der Waals surface area contributed by atoms with Crippen LogP contribution < -0.4 is 0 Å². The molecule has 0 aromatic carbocycles. The van der Waals surface area contributed by atoms with E-state index < -0.39 is 0 Å². The number of hydrogen-bond acceptors (Lipinski definition) is 4. The second-order valence-corrected chi connectivity index (χ2v) is 8.44. The summed E-state index contributed by atoms with van der Waals surface area (Å²) in [6, 6.07) is 0.436. The number of amides is 1. The maximum Gasteiger partial charge on any atom is 0.227 e. The molecule has 1 aromatic heterocycles. The topological polar surface area (TPSA) is 36.4 Å². The number of fused-ring (bicyclic) bond motifs is 4. The van der Waals surface area contributed by atoms with Crippen LogP contribution in [0.2, 0.25) is 0 Å². The van der Waals surface area contributed by atoms with Crippen molar-refractivity contribution in [3.8, 4) is 0 Å². The van der Waals surface area contributed by atoms with E-state index in [1.165, 1.54) is 36.4 Å². The average molecular weight is 334 g/mol. The lowest BCUT2D eigenvalue weighted by atomic mass is 9.83. The molecule has 0 N–H and O–H groups in total. The normalized spacial score (nSPS) is 28.9. The lowest BCUT2D eigenvalue weighted by molar-refractivity contribution is -0.141. The first-order chi connectivity index (χ1) is 11.2. The van der Waals surface area contributed by atoms with Gasteiger partial charge in [0.25, 0.3) is 0 Å². The molecule has 0 radical (unpaired) electrons. The molecule has 0 unspecified atom stereocenters. The summed E-state index contributed by atoms with van der Waals surface area (Å²) in [5.74, 6) is 1.43. The van der Waals surface area contributed by atoms with Gasteiger partial charge in [-0.1, -0.05) is 13.3 Å². The Kier molecular flexibility index (Phi) is 4.41. The molecule has 5 rings (SSSR count). The van der Waals surface area contributed by atoms with E-state index in [9.17, 15) is 4.79 Å². The van der Waals surface area contributed by atoms with E-state index in [4.69, 9.17) is 4.98 Å². The van der Waals surface area contributed by atoms with E-state index in [1.807, 2.05) is 0 Å². The fourth-order valence-electron chi connectivity index (χ4n) is 4.27. The molecule has 23 heavy (non-hydrogen) atoms. The lowest BCUT2D eigenvalue weighted by Gasteiger charge is -2.40. The van der Waals surface area contributed by atoms with E-state index in [2.05, 4.69) is 22.1 Å². The maximum atomic E-state index is 12.8. The number of carbonyl (C=O) groups is 1. The summed E-state index contributed by atoms with van der Waals surface area (Å²) in [7, 11) is 0. The Morgan fingerprint density at radius 2 is 2.13 bits per heavy atom. The summed E-state index contributed by atoms with van der Waals surface area (Å²) in [4.78, 5) is 22.3. The molecule has 1 saturated carbocycles. The van der Waals surface area contributed by atoms with Crippen molar-refractivity contribution in [2.75, 3.05) is 19.6 Å². The van der Waals surface area contributed by atoms with Gasteiger partial charge in [0.15, 0.2) is 0 Å². The standard InChI is InChI=1S/C18H27N3OS/c1-2-17-19-15(12-23-17)10-20-9-14-6-7-16(11-20)21(18(14)22)8-13-4-3-5-13/h12-14,16H,2-11H2,1H3/t14-,16+/m1/s1. The molecule has 2 atom stereocenters. The van der Waals surface area contributed by atoms with Crippen molar-refractivity contribution in [2.24, 2.45) is 11.8 Å². The Labute approximate surface area is 142 Å². The highest BCUT2D eigenvalue weighted by Gasteiger charge is 2.41. The smallest absolute Gasteiger partial charge is 0.227 e. The predicted molar refractivity (Wildman–Crippen MR) is 92.3 cm³/mol. The first-order valence-corrected chi connectivity index (χ1v) is 10.1. The summed E-state index contributed by atoms with van der Waals surface area (Å²) < 4.78 is 0. The predicted octanol–water partition coefficient (Wildman–Crippen LogP) is 2.93. The van der Waals surface area contributed by atoms with Crippen LogP contribution in [0.5, 0.6) is 0 Å². The molecule has 3 aliphatic heterocycles. The lowest BCUT2D eigenvalue weighted by Crippen LogP contribution is -2.50. The van der Waals surface area contributed by atoms with Crippen molar-refractivity contribution in [1.82, 2.24) is 14.8 Å². The molecule has 4 aliphatic rings. The first-order valence-electron chi connectivity index (χ1n) is 9.19. The molecule has 4 fully saturated rings. The van der Waals surface area contributed by atoms with Crippen LogP contribution in [0.1, 0.15) is 49.7 Å². The Bertz CT molecular complexity index is 568. The molecule has 5 heteroatoms. The summed E-state index contributed by atoms with van der Waals surface area (Å²) in [6.45, 7) is 6.05. The zero-order chi connectivity index (χ0) is 15.8. The van der Waals surface area contributed by atoms with Gasteiger partial charge < -0.3 is 4.90 Å². The van der Waals surface area contributed by atoms with Crippen LogP contribution in [0.4, 0.5) is 0 Å². The SMILES string of the molecule is CCc1nc(CN2C[C@H]3CC[C@@H](C2)N(CC2CCC2)C3=O)cs1.